The van der Waals surface area contributed by atoms with Gasteiger partial charge in [0.15, 0.2) is 6.16 Å². The number of hydrogen-bond acceptors (Lipinski definition) is 6. The topological polar surface area (TPSA) is 78.9 Å². The highest BCUT2D eigenvalue weighted by molar-refractivity contribution is 7.55. The molecule has 0 aliphatic carbocycles. The third-order valence-electron chi connectivity index (χ3n) is 4.53. The molecule has 0 spiro atoms. The van der Waals surface area contributed by atoms with Gasteiger partial charge in [-0.05, 0) is 37.1 Å². The van der Waals surface area contributed by atoms with Crippen molar-refractivity contribution in [1.82, 2.24) is 0 Å². The number of carbonyl (C=O) groups is 2. The average molecular weight is 446 g/mol. The minimum Gasteiger partial charge on any atom is -0.465 e. The summed E-state index contributed by atoms with van der Waals surface area (Å²) >= 11 is 0. The largest absolute Gasteiger partial charge is 0.465 e. The van der Waals surface area contributed by atoms with Gasteiger partial charge in [0.25, 0.3) is 0 Å². The van der Waals surface area contributed by atoms with Crippen molar-refractivity contribution in [3.05, 3.63) is 60.7 Å². The number of aldehydes is 1. The molecule has 0 heterocycles. The Morgan fingerprint density at radius 3 is 1.74 bits per heavy atom. The lowest BCUT2D eigenvalue weighted by molar-refractivity contribution is -0.140. The fraction of sp³-hybridized carbons (Fsp3) is 0.417. The Balaban J connectivity index is 1.76. The number of esters is 1. The van der Waals surface area contributed by atoms with E-state index in [-0.39, 0.29) is 6.61 Å². The van der Waals surface area contributed by atoms with E-state index in [0.29, 0.717) is 17.9 Å². The number of hydrogen-bond donors (Lipinski definition) is 0. The SMILES string of the molecule is O=CCCCCCCCCCOC(=O)CP(=O)(Oc1ccccc1)Oc1ccccc1. The summed E-state index contributed by atoms with van der Waals surface area (Å²) in [6.45, 7) is 0.278. The van der Waals surface area contributed by atoms with Crippen molar-refractivity contribution in [2.24, 2.45) is 0 Å². The lowest BCUT2D eigenvalue weighted by Crippen LogP contribution is -2.16. The van der Waals surface area contributed by atoms with Crippen molar-refractivity contribution in [2.45, 2.75) is 51.4 Å². The normalized spacial score (nSPS) is 11.0. The van der Waals surface area contributed by atoms with Crippen LogP contribution in [0.3, 0.4) is 0 Å². The third-order valence-corrected chi connectivity index (χ3v) is 6.15. The van der Waals surface area contributed by atoms with Crippen molar-refractivity contribution in [3.63, 3.8) is 0 Å². The Kier molecular flexibility index (Phi) is 11.5. The molecule has 0 saturated heterocycles. The van der Waals surface area contributed by atoms with Gasteiger partial charge < -0.3 is 18.6 Å². The fourth-order valence-corrected chi connectivity index (χ4v) is 4.43. The van der Waals surface area contributed by atoms with E-state index in [1.165, 1.54) is 0 Å². The van der Waals surface area contributed by atoms with Crippen LogP contribution in [-0.2, 0) is 18.9 Å². The van der Waals surface area contributed by atoms with Crippen LogP contribution in [-0.4, -0.2) is 25.0 Å². The van der Waals surface area contributed by atoms with Crippen LogP contribution in [0.25, 0.3) is 0 Å². The summed E-state index contributed by atoms with van der Waals surface area (Å²) in [7, 11) is -3.80. The molecule has 2 aromatic carbocycles. The van der Waals surface area contributed by atoms with Crippen molar-refractivity contribution in [2.75, 3.05) is 12.8 Å². The second-order valence-corrected chi connectivity index (χ2v) is 9.13. The van der Waals surface area contributed by atoms with E-state index >= 15 is 0 Å². The molecule has 2 aromatic rings. The van der Waals surface area contributed by atoms with Crippen LogP contribution < -0.4 is 9.05 Å². The monoisotopic (exact) mass is 446 g/mol. The Morgan fingerprint density at radius 2 is 1.23 bits per heavy atom. The zero-order valence-electron chi connectivity index (χ0n) is 17.8. The molecule has 6 nitrogen and oxygen atoms in total. The molecular formula is C24H31O6P. The summed E-state index contributed by atoms with van der Waals surface area (Å²) < 4.78 is 29.7. The molecule has 168 valence electrons. The van der Waals surface area contributed by atoms with Crippen LogP contribution in [0.2, 0.25) is 0 Å². The zero-order valence-corrected chi connectivity index (χ0v) is 18.7. The molecule has 0 aromatic heterocycles. The summed E-state index contributed by atoms with van der Waals surface area (Å²) in [6.07, 6.45) is 8.16. The van der Waals surface area contributed by atoms with Gasteiger partial charge in [-0.15, -0.1) is 0 Å². The molecule has 0 bridgehead atoms. The molecule has 2 rings (SSSR count). The summed E-state index contributed by atoms with van der Waals surface area (Å²) in [5.74, 6) is 0.120. The van der Waals surface area contributed by atoms with Crippen LogP contribution in [0.5, 0.6) is 11.5 Å². The molecule has 0 N–H and O–H groups in total. The first-order chi connectivity index (χ1) is 15.1. The van der Waals surface area contributed by atoms with Crippen molar-refractivity contribution in [1.29, 1.82) is 0 Å². The molecule has 0 atom stereocenters. The van der Waals surface area contributed by atoms with Gasteiger partial charge >= 0.3 is 13.6 Å². The minimum atomic E-state index is -3.80. The number of benzene rings is 2. The van der Waals surface area contributed by atoms with Crippen LogP contribution in [0.4, 0.5) is 0 Å². The second-order valence-electron chi connectivity index (χ2n) is 7.23. The Bertz CT molecular complexity index is 764. The molecule has 0 amide bonds. The van der Waals surface area contributed by atoms with E-state index in [4.69, 9.17) is 13.8 Å². The molecule has 0 aliphatic rings. The summed E-state index contributed by atoms with van der Waals surface area (Å²) in [5, 5.41) is 0. The molecule has 0 fully saturated rings. The smallest absolute Gasteiger partial charge is 0.441 e. The maximum Gasteiger partial charge on any atom is 0.441 e. The predicted molar refractivity (Wildman–Crippen MR) is 121 cm³/mol. The highest BCUT2D eigenvalue weighted by Crippen LogP contribution is 2.48. The number of rotatable bonds is 16. The number of unbranched alkanes of at least 4 members (excludes halogenated alkanes) is 7. The van der Waals surface area contributed by atoms with E-state index in [1.54, 1.807) is 48.5 Å². The molecule has 0 unspecified atom stereocenters. The van der Waals surface area contributed by atoms with E-state index in [2.05, 4.69) is 0 Å². The van der Waals surface area contributed by atoms with E-state index in [0.717, 1.165) is 51.2 Å². The Labute approximate surface area is 184 Å². The molecule has 0 aliphatic heterocycles. The average Bonchev–Trinajstić information content (AvgIpc) is 2.76. The van der Waals surface area contributed by atoms with Crippen LogP contribution in [0, 0.1) is 0 Å². The van der Waals surface area contributed by atoms with Gasteiger partial charge in [0.05, 0.1) is 6.61 Å². The lowest BCUT2D eigenvalue weighted by Gasteiger charge is -2.19. The maximum absolute atomic E-state index is 13.3. The highest BCUT2D eigenvalue weighted by atomic mass is 31.2. The maximum atomic E-state index is 13.3. The highest BCUT2D eigenvalue weighted by Gasteiger charge is 2.33. The van der Waals surface area contributed by atoms with Crippen LogP contribution >= 0.6 is 7.60 Å². The van der Waals surface area contributed by atoms with Gasteiger partial charge in [0.1, 0.15) is 17.8 Å². The standard InChI is InChI=1S/C24H31O6P/c25-19-13-5-3-1-2-4-6-14-20-28-24(26)21-31(27,29-22-15-9-7-10-16-22)30-23-17-11-8-12-18-23/h7-12,15-19H,1-6,13-14,20-21H2. The number of ether oxygens (including phenoxy) is 1. The van der Waals surface area contributed by atoms with Gasteiger partial charge in [-0.3, -0.25) is 4.79 Å². The summed E-state index contributed by atoms with van der Waals surface area (Å²) in [4.78, 5) is 22.6. The Morgan fingerprint density at radius 1 is 0.742 bits per heavy atom. The van der Waals surface area contributed by atoms with Crippen molar-refractivity contribution < 1.29 is 27.9 Å². The molecule has 7 heteroatoms. The second kappa shape index (κ2) is 14.4. The molecule has 0 saturated carbocycles. The van der Waals surface area contributed by atoms with Gasteiger partial charge in [-0.25, -0.2) is 4.57 Å². The van der Waals surface area contributed by atoms with Crippen LogP contribution in [0.15, 0.2) is 60.7 Å². The van der Waals surface area contributed by atoms with Gasteiger partial charge in [0.2, 0.25) is 0 Å². The number of carbonyl (C=O) groups excluding carboxylic acids is 2. The summed E-state index contributed by atoms with van der Waals surface area (Å²) in [5.41, 5.74) is 0. The van der Waals surface area contributed by atoms with E-state index in [1.807, 2.05) is 12.1 Å². The molecule has 0 radical (unpaired) electrons. The molecular weight excluding hydrogens is 415 g/mol. The Hall–Kier alpha value is -2.59. The first kappa shape index (κ1) is 24.7. The fourth-order valence-electron chi connectivity index (χ4n) is 2.97. The van der Waals surface area contributed by atoms with Gasteiger partial charge in [0, 0.05) is 6.42 Å². The summed E-state index contributed by atoms with van der Waals surface area (Å²) in [6, 6.07) is 17.3. The lowest BCUT2D eigenvalue weighted by atomic mass is 10.1. The quantitative estimate of drug-likeness (QED) is 0.132. The van der Waals surface area contributed by atoms with Gasteiger partial charge in [-0.2, -0.15) is 0 Å². The van der Waals surface area contributed by atoms with Crippen molar-refractivity contribution in [3.8, 4) is 11.5 Å². The van der Waals surface area contributed by atoms with Gasteiger partial charge in [-0.1, -0.05) is 68.5 Å². The van der Waals surface area contributed by atoms with Crippen molar-refractivity contribution >= 4 is 19.9 Å². The zero-order chi connectivity index (χ0) is 22.2. The van der Waals surface area contributed by atoms with Crippen LogP contribution in [0.1, 0.15) is 51.4 Å². The first-order valence-corrected chi connectivity index (χ1v) is 12.5. The third kappa shape index (κ3) is 10.8. The first-order valence-electron chi connectivity index (χ1n) is 10.8. The predicted octanol–water partition coefficient (Wildman–Crippen LogP) is 6.20. The molecule has 31 heavy (non-hydrogen) atoms. The minimum absolute atomic E-state index is 0.278. The van der Waals surface area contributed by atoms with E-state index < -0.39 is 19.7 Å². The van der Waals surface area contributed by atoms with E-state index in [9.17, 15) is 14.2 Å². The number of para-hydroxylation sites is 2.